The van der Waals surface area contributed by atoms with Crippen molar-refractivity contribution in [2.24, 2.45) is 0 Å². The van der Waals surface area contributed by atoms with E-state index >= 15 is 0 Å². The Kier molecular flexibility index (Phi) is 9.11. The first-order valence-electron chi connectivity index (χ1n) is 13.1. The van der Waals surface area contributed by atoms with E-state index in [1.54, 1.807) is 24.3 Å². The summed E-state index contributed by atoms with van der Waals surface area (Å²) in [6.45, 7) is 8.59. The van der Waals surface area contributed by atoms with Crippen LogP contribution >= 0.6 is 11.8 Å². The summed E-state index contributed by atoms with van der Waals surface area (Å²) in [5, 5.41) is 12.9. The highest BCUT2D eigenvalue weighted by molar-refractivity contribution is 8.05. The highest BCUT2D eigenvalue weighted by atomic mass is 32.2. The van der Waals surface area contributed by atoms with Crippen molar-refractivity contribution >= 4 is 29.3 Å². The van der Waals surface area contributed by atoms with Crippen LogP contribution in [0.3, 0.4) is 0 Å². The van der Waals surface area contributed by atoms with Crippen LogP contribution in [-0.4, -0.2) is 23.7 Å². The Labute approximate surface area is 234 Å². The van der Waals surface area contributed by atoms with Gasteiger partial charge in [0.1, 0.15) is 22.4 Å². The van der Waals surface area contributed by atoms with Crippen molar-refractivity contribution in [2.75, 3.05) is 11.5 Å². The predicted molar refractivity (Wildman–Crippen MR) is 156 cm³/mol. The van der Waals surface area contributed by atoms with Crippen molar-refractivity contribution in [1.29, 1.82) is 5.26 Å². The average Bonchev–Trinajstić information content (AvgIpc) is 3.25. The minimum absolute atomic E-state index is 0.0809. The quantitative estimate of drug-likeness (QED) is 0.248. The standard InChI is InChI=1S/C32H33N3O3S/c1-5-38-27-17-15-26(16-18-27)35-31(37)29(19-23-11-13-24(14-12-23)21(2)3)39-32(35)28(20-33)30(36)34-22(4)25-9-7-6-8-10-25/h6-18,21-22,29H,5,19H2,1-4H3,(H,34,36)/b32-28-. The second-order valence-electron chi connectivity index (χ2n) is 9.71. The molecule has 1 heterocycles. The number of benzene rings is 3. The molecule has 0 radical (unpaired) electrons. The maximum atomic E-state index is 13.8. The van der Waals surface area contributed by atoms with E-state index in [9.17, 15) is 14.9 Å². The van der Waals surface area contributed by atoms with Gasteiger partial charge in [-0.2, -0.15) is 5.26 Å². The topological polar surface area (TPSA) is 82.4 Å². The van der Waals surface area contributed by atoms with E-state index in [2.05, 4.69) is 37.4 Å². The number of ether oxygens (including phenoxy) is 1. The van der Waals surface area contributed by atoms with Crippen LogP contribution in [0.5, 0.6) is 5.75 Å². The lowest BCUT2D eigenvalue weighted by molar-refractivity contribution is -0.117. The van der Waals surface area contributed by atoms with E-state index in [4.69, 9.17) is 4.74 Å². The minimum atomic E-state index is -0.512. The third-order valence-electron chi connectivity index (χ3n) is 6.63. The first kappa shape index (κ1) is 28.0. The normalized spacial score (nSPS) is 17.1. The summed E-state index contributed by atoms with van der Waals surface area (Å²) < 4.78 is 5.56. The van der Waals surface area contributed by atoms with Crippen molar-refractivity contribution in [2.45, 2.75) is 51.3 Å². The van der Waals surface area contributed by atoms with Gasteiger partial charge < -0.3 is 10.1 Å². The zero-order valence-electron chi connectivity index (χ0n) is 22.7. The number of nitriles is 1. The number of carbonyl (C=O) groups excluding carboxylic acids is 2. The van der Waals surface area contributed by atoms with Crippen LogP contribution in [0.15, 0.2) is 89.5 Å². The number of nitrogens with one attached hydrogen (secondary N) is 1. The Morgan fingerprint density at radius 3 is 2.26 bits per heavy atom. The van der Waals surface area contributed by atoms with E-state index in [-0.39, 0.29) is 17.5 Å². The molecule has 7 heteroatoms. The van der Waals surface area contributed by atoms with Crippen LogP contribution in [0.1, 0.15) is 56.3 Å². The van der Waals surface area contributed by atoms with Crippen LogP contribution in [0.2, 0.25) is 0 Å². The number of hydrogen-bond donors (Lipinski definition) is 1. The molecule has 200 valence electrons. The lowest BCUT2D eigenvalue weighted by atomic mass is 10.00. The molecule has 6 nitrogen and oxygen atoms in total. The van der Waals surface area contributed by atoms with Crippen molar-refractivity contribution in [3.63, 3.8) is 0 Å². The van der Waals surface area contributed by atoms with Gasteiger partial charge in [0.2, 0.25) is 5.91 Å². The van der Waals surface area contributed by atoms with Crippen LogP contribution in [0.4, 0.5) is 5.69 Å². The van der Waals surface area contributed by atoms with Gasteiger partial charge in [0.15, 0.2) is 0 Å². The van der Waals surface area contributed by atoms with E-state index in [0.29, 0.717) is 35.4 Å². The molecule has 0 aromatic heterocycles. The van der Waals surface area contributed by atoms with Gasteiger partial charge in [-0.15, -0.1) is 0 Å². The third kappa shape index (κ3) is 6.52. The van der Waals surface area contributed by atoms with Crippen molar-refractivity contribution < 1.29 is 14.3 Å². The van der Waals surface area contributed by atoms with E-state index in [0.717, 1.165) is 11.1 Å². The second-order valence-corrected chi connectivity index (χ2v) is 10.9. The van der Waals surface area contributed by atoms with Crippen LogP contribution in [0, 0.1) is 11.3 Å². The van der Waals surface area contributed by atoms with Crippen LogP contribution < -0.4 is 15.0 Å². The monoisotopic (exact) mass is 539 g/mol. The Balaban J connectivity index is 1.67. The third-order valence-corrected chi connectivity index (χ3v) is 7.89. The molecule has 4 rings (SSSR count). The van der Waals surface area contributed by atoms with Gasteiger partial charge in [0.25, 0.3) is 5.91 Å². The fourth-order valence-electron chi connectivity index (χ4n) is 4.43. The molecule has 2 unspecified atom stereocenters. The zero-order valence-corrected chi connectivity index (χ0v) is 23.5. The van der Waals surface area contributed by atoms with Crippen molar-refractivity contribution in [3.05, 3.63) is 106 Å². The lowest BCUT2D eigenvalue weighted by Crippen LogP contribution is -2.32. The van der Waals surface area contributed by atoms with Gasteiger partial charge in [0.05, 0.1) is 17.9 Å². The number of hydrogen-bond acceptors (Lipinski definition) is 5. The van der Waals surface area contributed by atoms with Gasteiger partial charge >= 0.3 is 0 Å². The van der Waals surface area contributed by atoms with Gasteiger partial charge in [-0.1, -0.05) is 80.2 Å². The number of rotatable bonds is 9. The summed E-state index contributed by atoms with van der Waals surface area (Å²) in [6.07, 6.45) is 0.486. The van der Waals surface area contributed by atoms with Gasteiger partial charge in [-0.25, -0.2) is 0 Å². The molecular formula is C32H33N3O3S. The fourth-order valence-corrected chi connectivity index (χ4v) is 5.74. The SMILES string of the molecule is CCOc1ccc(N2C(=O)C(Cc3ccc(C(C)C)cc3)S/C2=C(/C#N)C(=O)NC(C)c2ccccc2)cc1. The summed E-state index contributed by atoms with van der Waals surface area (Å²) in [6, 6.07) is 26.7. The summed E-state index contributed by atoms with van der Waals surface area (Å²) >= 11 is 1.27. The van der Waals surface area contributed by atoms with Gasteiger partial charge in [-0.05, 0) is 67.1 Å². The molecule has 3 aromatic rings. The molecular weight excluding hydrogens is 506 g/mol. The Morgan fingerprint density at radius 2 is 1.67 bits per heavy atom. The highest BCUT2D eigenvalue weighted by Crippen LogP contribution is 2.42. The predicted octanol–water partition coefficient (Wildman–Crippen LogP) is 6.51. The van der Waals surface area contributed by atoms with Crippen LogP contribution in [-0.2, 0) is 16.0 Å². The van der Waals surface area contributed by atoms with E-state index < -0.39 is 11.2 Å². The number of carbonyl (C=O) groups is 2. The summed E-state index contributed by atoms with van der Waals surface area (Å²) in [4.78, 5) is 28.7. The Hall–Kier alpha value is -4.02. The molecule has 1 aliphatic heterocycles. The van der Waals surface area contributed by atoms with E-state index in [1.807, 2.05) is 56.3 Å². The molecule has 0 bridgehead atoms. The fraction of sp³-hybridized carbons (Fsp3) is 0.281. The Morgan fingerprint density at radius 1 is 1.00 bits per heavy atom. The van der Waals surface area contributed by atoms with Gasteiger partial charge in [-0.3, -0.25) is 14.5 Å². The molecule has 2 atom stereocenters. The molecule has 2 amide bonds. The molecule has 3 aromatic carbocycles. The molecule has 0 saturated carbocycles. The molecule has 39 heavy (non-hydrogen) atoms. The number of nitrogens with zero attached hydrogens (tertiary/aromatic N) is 2. The first-order valence-corrected chi connectivity index (χ1v) is 14.0. The summed E-state index contributed by atoms with van der Waals surface area (Å²) in [5.41, 5.74) is 3.69. The highest BCUT2D eigenvalue weighted by Gasteiger charge is 2.41. The van der Waals surface area contributed by atoms with Crippen molar-refractivity contribution in [3.8, 4) is 11.8 Å². The Bertz CT molecular complexity index is 1380. The maximum Gasteiger partial charge on any atom is 0.265 e. The molecule has 0 aliphatic carbocycles. The van der Waals surface area contributed by atoms with Gasteiger partial charge in [0, 0.05) is 5.69 Å². The smallest absolute Gasteiger partial charge is 0.265 e. The summed E-state index contributed by atoms with van der Waals surface area (Å²) in [5.74, 6) is 0.426. The minimum Gasteiger partial charge on any atom is -0.494 e. The molecule has 0 spiro atoms. The average molecular weight is 540 g/mol. The maximum absolute atomic E-state index is 13.8. The number of anilines is 1. The van der Waals surface area contributed by atoms with Crippen molar-refractivity contribution in [1.82, 2.24) is 5.32 Å². The van der Waals surface area contributed by atoms with Crippen LogP contribution in [0.25, 0.3) is 0 Å². The summed E-state index contributed by atoms with van der Waals surface area (Å²) in [7, 11) is 0. The number of thioether (sulfide) groups is 1. The molecule has 1 fully saturated rings. The van der Waals surface area contributed by atoms with E-state index in [1.165, 1.54) is 22.2 Å². The first-order chi connectivity index (χ1) is 18.8. The molecule has 1 saturated heterocycles. The molecule has 1 aliphatic rings. The lowest BCUT2D eigenvalue weighted by Gasteiger charge is -2.20. The number of amides is 2. The second kappa shape index (κ2) is 12.7. The zero-order chi connectivity index (χ0) is 27.9. The molecule has 1 N–H and O–H groups in total. The largest absolute Gasteiger partial charge is 0.494 e.